The maximum Gasteiger partial charge on any atom is 0.344 e. The van der Waals surface area contributed by atoms with Crippen molar-refractivity contribution in [3.05, 3.63) is 0 Å². The molecule has 0 aliphatic carbocycles. The molecular weight excluding hydrogens is 224 g/mol. The van der Waals surface area contributed by atoms with Crippen LogP contribution >= 0.6 is 0 Å². The van der Waals surface area contributed by atoms with Gasteiger partial charge in [-0.15, -0.1) is 0 Å². The van der Waals surface area contributed by atoms with E-state index in [1.165, 1.54) is 0 Å². The summed E-state index contributed by atoms with van der Waals surface area (Å²) in [6.07, 6.45) is 0. The van der Waals surface area contributed by atoms with Crippen LogP contribution in [0.5, 0.6) is 0 Å². The molecule has 0 saturated carbocycles. The summed E-state index contributed by atoms with van der Waals surface area (Å²) in [6, 6.07) is 0. The maximum atomic E-state index is 10.8. The highest BCUT2D eigenvalue weighted by Crippen LogP contribution is 1.86. The van der Waals surface area contributed by atoms with Gasteiger partial charge in [0.2, 0.25) is 0 Å². The van der Waals surface area contributed by atoms with Gasteiger partial charge in [-0.3, -0.25) is 4.79 Å². The molecule has 0 saturated heterocycles. The fourth-order valence-corrected chi connectivity index (χ4v) is 0.526. The lowest BCUT2D eigenvalue weighted by molar-refractivity contribution is -0.166. The average Bonchev–Trinajstić information content (AvgIpc) is 2.20. The highest BCUT2D eigenvalue weighted by molar-refractivity contribution is 5.80. The summed E-state index contributed by atoms with van der Waals surface area (Å²) in [5.41, 5.74) is 0. The number of hydrogen-bond acceptors (Lipinski definition) is 7. The number of rotatable bonds is 6. The average molecular weight is 234 g/mol. The number of ether oxygens (including phenoxy) is 3. The second-order valence-electron chi connectivity index (χ2n) is 2.50. The van der Waals surface area contributed by atoms with Crippen LogP contribution in [0.25, 0.3) is 0 Å². The lowest BCUT2D eigenvalue weighted by Gasteiger charge is -2.04. The first-order chi connectivity index (χ1) is 7.41. The lowest BCUT2D eigenvalue weighted by atomic mass is 10.6. The normalized spacial score (nSPS) is 9.06. The van der Waals surface area contributed by atoms with Crippen molar-refractivity contribution in [3.8, 4) is 0 Å². The zero-order valence-corrected chi connectivity index (χ0v) is 8.43. The van der Waals surface area contributed by atoms with E-state index in [-0.39, 0.29) is 0 Å². The number of aliphatic carboxylic acids is 1. The standard InChI is InChI=1S/C8H10O8/c1-5(9)14-3-7(12)16-4-8(13)15-2-6(10)11/h2-4H2,1H3,(H,10,11). The largest absolute Gasteiger partial charge is 0.479 e. The van der Waals surface area contributed by atoms with Crippen molar-refractivity contribution >= 4 is 23.9 Å². The number of esters is 3. The highest BCUT2D eigenvalue weighted by Gasteiger charge is 2.10. The second-order valence-corrected chi connectivity index (χ2v) is 2.50. The van der Waals surface area contributed by atoms with Gasteiger partial charge in [0.15, 0.2) is 19.8 Å². The van der Waals surface area contributed by atoms with E-state index in [4.69, 9.17) is 5.11 Å². The summed E-state index contributed by atoms with van der Waals surface area (Å²) in [6.45, 7) is -1.04. The van der Waals surface area contributed by atoms with Gasteiger partial charge in [0.25, 0.3) is 0 Å². The third-order valence-electron chi connectivity index (χ3n) is 1.10. The molecule has 0 rings (SSSR count). The summed E-state index contributed by atoms with van der Waals surface area (Å²) in [5, 5.41) is 8.14. The third kappa shape index (κ3) is 8.48. The number of carboxylic acids is 1. The molecule has 0 aromatic heterocycles. The van der Waals surface area contributed by atoms with E-state index in [1.54, 1.807) is 0 Å². The Balaban J connectivity index is 3.63. The number of carbonyl (C=O) groups is 4. The topological polar surface area (TPSA) is 116 Å². The minimum atomic E-state index is -1.32. The molecule has 0 spiro atoms. The van der Waals surface area contributed by atoms with Crippen LogP contribution < -0.4 is 0 Å². The van der Waals surface area contributed by atoms with Gasteiger partial charge in [-0.05, 0) is 0 Å². The smallest absolute Gasteiger partial charge is 0.344 e. The molecule has 0 heterocycles. The highest BCUT2D eigenvalue weighted by atomic mass is 16.6. The first-order valence-corrected chi connectivity index (χ1v) is 4.08. The minimum Gasteiger partial charge on any atom is -0.479 e. The summed E-state index contributed by atoms with van der Waals surface area (Å²) in [5.74, 6) is -3.91. The maximum absolute atomic E-state index is 10.8. The Hall–Kier alpha value is -2.12. The monoisotopic (exact) mass is 234 g/mol. The van der Waals surface area contributed by atoms with Gasteiger partial charge >= 0.3 is 23.9 Å². The molecule has 0 aliphatic heterocycles. The number of carboxylic acid groups (broad SMARTS) is 1. The Kier molecular flexibility index (Phi) is 6.25. The Morgan fingerprint density at radius 1 is 0.875 bits per heavy atom. The fraction of sp³-hybridized carbons (Fsp3) is 0.500. The van der Waals surface area contributed by atoms with Crippen molar-refractivity contribution < 1.29 is 38.5 Å². The Bertz CT molecular complexity index is 264. The minimum absolute atomic E-state index is 0.610. The quantitative estimate of drug-likeness (QED) is 0.446. The van der Waals surface area contributed by atoms with E-state index in [9.17, 15) is 19.2 Å². The number of hydrogen-bond donors (Lipinski definition) is 1. The van der Waals surface area contributed by atoms with Crippen molar-refractivity contribution in [2.24, 2.45) is 0 Å². The molecule has 8 nitrogen and oxygen atoms in total. The van der Waals surface area contributed by atoms with Crippen LogP contribution in [0.2, 0.25) is 0 Å². The third-order valence-corrected chi connectivity index (χ3v) is 1.10. The van der Waals surface area contributed by atoms with Gasteiger partial charge in [0.1, 0.15) is 0 Å². The summed E-state index contributed by atoms with van der Waals surface area (Å²) in [7, 11) is 0. The molecule has 1 N–H and O–H groups in total. The van der Waals surface area contributed by atoms with Crippen LogP contribution in [0.4, 0.5) is 0 Å². The van der Waals surface area contributed by atoms with Gasteiger partial charge in [-0.2, -0.15) is 0 Å². The van der Waals surface area contributed by atoms with E-state index < -0.39 is 43.7 Å². The molecule has 0 atom stereocenters. The van der Waals surface area contributed by atoms with E-state index in [2.05, 4.69) is 14.2 Å². The van der Waals surface area contributed by atoms with E-state index in [0.29, 0.717) is 0 Å². The summed E-state index contributed by atoms with van der Waals surface area (Å²) in [4.78, 5) is 41.7. The van der Waals surface area contributed by atoms with Crippen LogP contribution in [0, 0.1) is 0 Å². The van der Waals surface area contributed by atoms with E-state index in [1.807, 2.05) is 0 Å². The van der Waals surface area contributed by atoms with Crippen LogP contribution in [0.1, 0.15) is 6.92 Å². The molecule has 0 aromatic carbocycles. The van der Waals surface area contributed by atoms with Crippen molar-refractivity contribution in [1.82, 2.24) is 0 Å². The van der Waals surface area contributed by atoms with Crippen molar-refractivity contribution in [3.63, 3.8) is 0 Å². The zero-order chi connectivity index (χ0) is 12.6. The Morgan fingerprint density at radius 3 is 1.75 bits per heavy atom. The molecule has 16 heavy (non-hydrogen) atoms. The van der Waals surface area contributed by atoms with Gasteiger partial charge in [-0.25, -0.2) is 14.4 Å². The first kappa shape index (κ1) is 13.9. The van der Waals surface area contributed by atoms with Crippen molar-refractivity contribution in [2.45, 2.75) is 6.92 Å². The molecule has 0 bridgehead atoms. The zero-order valence-electron chi connectivity index (χ0n) is 8.43. The van der Waals surface area contributed by atoms with Crippen LogP contribution in [0.15, 0.2) is 0 Å². The molecule has 0 radical (unpaired) electrons. The lowest BCUT2D eigenvalue weighted by Crippen LogP contribution is -2.22. The van der Waals surface area contributed by atoms with Crippen LogP contribution in [0.3, 0.4) is 0 Å². The molecule has 0 aliphatic rings. The molecule has 0 fully saturated rings. The van der Waals surface area contributed by atoms with Crippen molar-refractivity contribution in [1.29, 1.82) is 0 Å². The second kappa shape index (κ2) is 7.21. The molecule has 0 amide bonds. The van der Waals surface area contributed by atoms with Gasteiger partial charge in [0, 0.05) is 6.92 Å². The first-order valence-electron chi connectivity index (χ1n) is 4.08. The predicted octanol–water partition coefficient (Wildman–Crippen LogP) is -1.28. The summed E-state index contributed by atoms with van der Waals surface area (Å²) >= 11 is 0. The van der Waals surface area contributed by atoms with Crippen LogP contribution in [-0.2, 0) is 33.4 Å². The molecule has 8 heteroatoms. The fourth-order valence-electron chi connectivity index (χ4n) is 0.526. The molecule has 0 aromatic rings. The Labute approximate surface area is 90.1 Å². The summed E-state index contributed by atoms with van der Waals surface area (Å²) < 4.78 is 12.7. The molecule has 0 unspecified atom stereocenters. The van der Waals surface area contributed by atoms with E-state index >= 15 is 0 Å². The van der Waals surface area contributed by atoms with E-state index in [0.717, 1.165) is 6.92 Å². The van der Waals surface area contributed by atoms with Crippen LogP contribution in [-0.4, -0.2) is 48.8 Å². The molecule has 90 valence electrons. The Morgan fingerprint density at radius 2 is 1.31 bits per heavy atom. The SMILES string of the molecule is CC(=O)OCC(=O)OCC(=O)OCC(=O)O. The van der Waals surface area contributed by atoms with Crippen molar-refractivity contribution in [2.75, 3.05) is 19.8 Å². The van der Waals surface area contributed by atoms with Gasteiger partial charge in [-0.1, -0.05) is 0 Å². The number of carbonyl (C=O) groups excluding carboxylic acids is 3. The predicted molar refractivity (Wildman–Crippen MR) is 46.2 cm³/mol. The van der Waals surface area contributed by atoms with Gasteiger partial charge in [0.05, 0.1) is 0 Å². The molecular formula is C8H10O8. The van der Waals surface area contributed by atoms with Gasteiger partial charge < -0.3 is 19.3 Å².